The molecular formula is C11H16N2S. The molecule has 0 bridgehead atoms. The third-order valence-corrected chi connectivity index (χ3v) is 3.08. The van der Waals surface area contributed by atoms with Gasteiger partial charge in [-0.05, 0) is 18.8 Å². The molecule has 0 aliphatic heterocycles. The molecule has 1 unspecified atom stereocenters. The summed E-state index contributed by atoms with van der Waals surface area (Å²) in [5, 5.41) is 12.2. The maximum Gasteiger partial charge on any atom is 0.0928 e. The van der Waals surface area contributed by atoms with Gasteiger partial charge in [0.25, 0.3) is 0 Å². The van der Waals surface area contributed by atoms with Crippen molar-refractivity contribution in [2.75, 3.05) is 0 Å². The highest BCUT2D eigenvalue weighted by atomic mass is 32.1. The minimum absolute atomic E-state index is 0.0446. The fourth-order valence-electron chi connectivity index (χ4n) is 1.35. The molecule has 0 radical (unpaired) electrons. The zero-order valence-electron chi connectivity index (χ0n) is 8.95. The maximum absolute atomic E-state index is 9.00. The largest absolute Gasteiger partial charge is 0.245 e. The minimum Gasteiger partial charge on any atom is -0.245 e. The van der Waals surface area contributed by atoms with E-state index in [4.69, 9.17) is 5.26 Å². The van der Waals surface area contributed by atoms with Crippen LogP contribution >= 0.6 is 11.3 Å². The number of rotatable bonds is 4. The summed E-state index contributed by atoms with van der Waals surface area (Å²) < 4.78 is 0. The molecule has 3 heteroatoms. The van der Waals surface area contributed by atoms with Gasteiger partial charge in [0.1, 0.15) is 0 Å². The van der Waals surface area contributed by atoms with Crippen LogP contribution in [0.15, 0.2) is 5.38 Å². The standard InChI is InChI=1S/C11H16N2S/c1-4-5-11-13-10(7-14-11)9(6-12)8(2)3/h7-9H,4-5H2,1-3H3. The topological polar surface area (TPSA) is 36.7 Å². The van der Waals surface area contributed by atoms with E-state index in [0.29, 0.717) is 5.92 Å². The van der Waals surface area contributed by atoms with E-state index >= 15 is 0 Å². The van der Waals surface area contributed by atoms with Crippen LogP contribution in [0.5, 0.6) is 0 Å². The number of hydrogen-bond donors (Lipinski definition) is 0. The number of nitriles is 1. The van der Waals surface area contributed by atoms with Crippen molar-refractivity contribution in [1.29, 1.82) is 5.26 Å². The van der Waals surface area contributed by atoms with E-state index in [2.05, 4.69) is 31.8 Å². The molecule has 1 aromatic heterocycles. The van der Waals surface area contributed by atoms with Crippen molar-refractivity contribution in [1.82, 2.24) is 4.98 Å². The SMILES string of the molecule is CCCc1nc(C(C#N)C(C)C)cs1. The Kier molecular flexibility index (Phi) is 4.09. The molecule has 2 nitrogen and oxygen atoms in total. The van der Waals surface area contributed by atoms with E-state index in [-0.39, 0.29) is 5.92 Å². The van der Waals surface area contributed by atoms with Crippen molar-refractivity contribution in [3.05, 3.63) is 16.1 Å². The predicted molar refractivity (Wildman–Crippen MR) is 59.3 cm³/mol. The molecule has 14 heavy (non-hydrogen) atoms. The Bertz CT molecular complexity index is 322. The molecule has 0 saturated carbocycles. The molecule has 1 rings (SSSR count). The predicted octanol–water partition coefficient (Wildman–Crippen LogP) is 3.36. The fraction of sp³-hybridized carbons (Fsp3) is 0.636. The molecule has 0 fully saturated rings. The Morgan fingerprint density at radius 3 is 2.79 bits per heavy atom. The zero-order chi connectivity index (χ0) is 10.6. The lowest BCUT2D eigenvalue weighted by molar-refractivity contribution is 0.576. The molecule has 0 N–H and O–H groups in total. The van der Waals surface area contributed by atoms with Crippen molar-refractivity contribution < 1.29 is 0 Å². The number of aryl methyl sites for hydroxylation is 1. The van der Waals surface area contributed by atoms with Crippen molar-refractivity contribution >= 4 is 11.3 Å². The lowest BCUT2D eigenvalue weighted by Gasteiger charge is -2.08. The lowest BCUT2D eigenvalue weighted by Crippen LogP contribution is -2.04. The highest BCUT2D eigenvalue weighted by Crippen LogP contribution is 2.25. The first-order valence-electron chi connectivity index (χ1n) is 5.03. The van der Waals surface area contributed by atoms with Crippen molar-refractivity contribution in [3.8, 4) is 6.07 Å². The summed E-state index contributed by atoms with van der Waals surface area (Å²) in [6.45, 7) is 6.27. The van der Waals surface area contributed by atoms with Crippen molar-refractivity contribution in [2.24, 2.45) is 5.92 Å². The van der Waals surface area contributed by atoms with E-state index in [1.165, 1.54) is 0 Å². The Labute approximate surface area is 89.6 Å². The summed E-state index contributed by atoms with van der Waals surface area (Å²) in [6.07, 6.45) is 2.15. The van der Waals surface area contributed by atoms with E-state index in [1.54, 1.807) is 11.3 Å². The number of thiazole rings is 1. The first-order valence-corrected chi connectivity index (χ1v) is 5.91. The van der Waals surface area contributed by atoms with Gasteiger partial charge in [0.15, 0.2) is 0 Å². The summed E-state index contributed by atoms with van der Waals surface area (Å²) >= 11 is 1.67. The molecule has 1 atom stereocenters. The Morgan fingerprint density at radius 2 is 2.29 bits per heavy atom. The van der Waals surface area contributed by atoms with Gasteiger partial charge in [0.05, 0.1) is 22.7 Å². The third kappa shape index (κ3) is 2.55. The Morgan fingerprint density at radius 1 is 1.57 bits per heavy atom. The summed E-state index contributed by atoms with van der Waals surface area (Å²) in [5.74, 6) is 0.299. The fourth-order valence-corrected chi connectivity index (χ4v) is 2.29. The molecule has 0 aliphatic rings. The van der Waals surface area contributed by atoms with Gasteiger partial charge in [0, 0.05) is 5.38 Å². The van der Waals surface area contributed by atoms with Crippen LogP contribution in [0, 0.1) is 17.2 Å². The average Bonchev–Trinajstić information content (AvgIpc) is 2.54. The summed E-state index contributed by atoms with van der Waals surface area (Å²) in [6, 6.07) is 2.32. The molecular weight excluding hydrogens is 192 g/mol. The number of hydrogen-bond acceptors (Lipinski definition) is 3. The second-order valence-electron chi connectivity index (χ2n) is 3.77. The average molecular weight is 208 g/mol. The number of nitrogens with zero attached hydrogens (tertiary/aromatic N) is 2. The number of aromatic nitrogens is 1. The quantitative estimate of drug-likeness (QED) is 0.760. The van der Waals surface area contributed by atoms with Crippen LogP contribution in [-0.2, 0) is 6.42 Å². The molecule has 1 aromatic rings. The molecule has 1 heterocycles. The zero-order valence-corrected chi connectivity index (χ0v) is 9.77. The van der Waals surface area contributed by atoms with Crippen LogP contribution in [0.2, 0.25) is 0 Å². The van der Waals surface area contributed by atoms with Crippen molar-refractivity contribution in [2.45, 2.75) is 39.5 Å². The third-order valence-electron chi connectivity index (χ3n) is 2.16. The van der Waals surface area contributed by atoms with Gasteiger partial charge in [0.2, 0.25) is 0 Å². The van der Waals surface area contributed by atoms with Gasteiger partial charge in [-0.1, -0.05) is 20.8 Å². The molecule has 0 amide bonds. The van der Waals surface area contributed by atoms with Crippen LogP contribution in [0.4, 0.5) is 0 Å². The summed E-state index contributed by atoms with van der Waals surface area (Å²) in [4.78, 5) is 4.49. The van der Waals surface area contributed by atoms with E-state index in [0.717, 1.165) is 23.5 Å². The molecule has 0 saturated heterocycles. The van der Waals surface area contributed by atoms with E-state index in [9.17, 15) is 0 Å². The summed E-state index contributed by atoms with van der Waals surface area (Å²) in [5.41, 5.74) is 0.955. The van der Waals surface area contributed by atoms with Crippen molar-refractivity contribution in [3.63, 3.8) is 0 Å². The molecule has 0 spiro atoms. The van der Waals surface area contributed by atoms with Crippen LogP contribution in [0.3, 0.4) is 0 Å². The monoisotopic (exact) mass is 208 g/mol. The van der Waals surface area contributed by atoms with E-state index in [1.807, 2.05) is 5.38 Å². The van der Waals surface area contributed by atoms with Gasteiger partial charge < -0.3 is 0 Å². The second kappa shape index (κ2) is 5.11. The Hall–Kier alpha value is -0.880. The molecule has 0 aliphatic carbocycles. The highest BCUT2D eigenvalue weighted by molar-refractivity contribution is 7.09. The first-order chi connectivity index (χ1) is 6.69. The first kappa shape index (κ1) is 11.2. The smallest absolute Gasteiger partial charge is 0.0928 e. The second-order valence-corrected chi connectivity index (χ2v) is 4.71. The highest BCUT2D eigenvalue weighted by Gasteiger charge is 2.17. The van der Waals surface area contributed by atoms with Crippen LogP contribution in [-0.4, -0.2) is 4.98 Å². The van der Waals surface area contributed by atoms with Crippen LogP contribution in [0.25, 0.3) is 0 Å². The van der Waals surface area contributed by atoms with E-state index < -0.39 is 0 Å². The van der Waals surface area contributed by atoms with Gasteiger partial charge in [-0.3, -0.25) is 0 Å². The van der Waals surface area contributed by atoms with Crippen LogP contribution in [0.1, 0.15) is 43.8 Å². The molecule has 76 valence electrons. The molecule has 0 aromatic carbocycles. The van der Waals surface area contributed by atoms with Crippen LogP contribution < -0.4 is 0 Å². The maximum atomic E-state index is 9.00. The summed E-state index contributed by atoms with van der Waals surface area (Å²) in [7, 11) is 0. The Balaban J connectivity index is 2.80. The normalized spacial score (nSPS) is 12.8. The van der Waals surface area contributed by atoms with Gasteiger partial charge in [-0.2, -0.15) is 5.26 Å². The lowest BCUT2D eigenvalue weighted by atomic mass is 9.95. The van der Waals surface area contributed by atoms with Gasteiger partial charge in [-0.25, -0.2) is 4.98 Å². The van der Waals surface area contributed by atoms with Gasteiger partial charge >= 0.3 is 0 Å². The van der Waals surface area contributed by atoms with Gasteiger partial charge in [-0.15, -0.1) is 11.3 Å². The minimum atomic E-state index is -0.0446.